The molecule has 29 heavy (non-hydrogen) atoms. The molecule has 2 N–H and O–H groups in total. The first-order valence-electron chi connectivity index (χ1n) is 9.19. The predicted molar refractivity (Wildman–Crippen MR) is 112 cm³/mol. The Bertz CT molecular complexity index is 1120. The zero-order chi connectivity index (χ0) is 20.2. The summed E-state index contributed by atoms with van der Waals surface area (Å²) in [5, 5.41) is 12.8. The second kappa shape index (κ2) is 8.36. The van der Waals surface area contributed by atoms with Crippen LogP contribution in [0.1, 0.15) is 20.9 Å². The molecular weight excluding hydrogens is 387 g/mol. The van der Waals surface area contributed by atoms with Gasteiger partial charge < -0.3 is 5.32 Å². The van der Waals surface area contributed by atoms with E-state index in [0.717, 1.165) is 21.8 Å². The second-order valence-electron chi connectivity index (χ2n) is 6.62. The average Bonchev–Trinajstić information content (AvgIpc) is 3.38. The molecule has 5 nitrogen and oxygen atoms in total. The molecule has 2 heterocycles. The minimum atomic E-state index is -0.324. The van der Waals surface area contributed by atoms with E-state index in [9.17, 15) is 9.18 Å². The third kappa shape index (κ3) is 4.41. The minimum absolute atomic E-state index is 0.215. The molecule has 7 heteroatoms. The molecule has 0 radical (unpaired) electrons. The summed E-state index contributed by atoms with van der Waals surface area (Å²) >= 11 is 1.63. The van der Waals surface area contributed by atoms with Crippen LogP contribution >= 0.6 is 11.3 Å². The van der Waals surface area contributed by atoms with E-state index in [1.54, 1.807) is 23.5 Å². The van der Waals surface area contributed by atoms with Gasteiger partial charge in [-0.1, -0.05) is 24.3 Å². The molecule has 4 aromatic rings. The topological polar surface area (TPSA) is 70.7 Å². The summed E-state index contributed by atoms with van der Waals surface area (Å²) < 4.78 is 13.1. The maximum atomic E-state index is 13.1. The number of aryl methyl sites for hydroxylation is 1. The van der Waals surface area contributed by atoms with Gasteiger partial charge in [-0.05, 0) is 43.2 Å². The number of aromatic nitrogens is 3. The van der Waals surface area contributed by atoms with Gasteiger partial charge in [-0.3, -0.25) is 9.89 Å². The normalized spacial score (nSPS) is 10.8. The molecule has 2 aromatic heterocycles. The van der Waals surface area contributed by atoms with Gasteiger partial charge in [-0.15, -0.1) is 11.3 Å². The summed E-state index contributed by atoms with van der Waals surface area (Å²) in [6, 6.07) is 14.2. The number of thiazole rings is 1. The SMILES string of the molecule is Cc1nc(-c2ccc(CCNC(=O)c3cn[nH]c3-c3ccc(F)cc3)cc2)cs1. The van der Waals surface area contributed by atoms with Gasteiger partial charge >= 0.3 is 0 Å². The van der Waals surface area contributed by atoms with E-state index in [1.807, 2.05) is 24.4 Å². The molecular formula is C22H19FN4OS. The van der Waals surface area contributed by atoms with Crippen molar-refractivity contribution in [2.75, 3.05) is 6.54 Å². The molecule has 0 unspecified atom stereocenters. The van der Waals surface area contributed by atoms with Crippen molar-refractivity contribution in [2.24, 2.45) is 0 Å². The van der Waals surface area contributed by atoms with E-state index in [4.69, 9.17) is 0 Å². The number of hydrogen-bond acceptors (Lipinski definition) is 4. The first-order chi connectivity index (χ1) is 14.1. The summed E-state index contributed by atoms with van der Waals surface area (Å²) in [5.74, 6) is -0.539. The van der Waals surface area contributed by atoms with Crippen LogP contribution in [0.25, 0.3) is 22.5 Å². The number of carbonyl (C=O) groups excluding carboxylic acids is 1. The van der Waals surface area contributed by atoms with Crippen molar-refractivity contribution in [1.82, 2.24) is 20.5 Å². The van der Waals surface area contributed by atoms with Gasteiger partial charge in [-0.25, -0.2) is 9.37 Å². The molecule has 0 aliphatic heterocycles. The number of H-pyrrole nitrogens is 1. The summed E-state index contributed by atoms with van der Waals surface area (Å²) in [6.45, 7) is 2.49. The Morgan fingerprint density at radius 1 is 1.10 bits per heavy atom. The lowest BCUT2D eigenvalue weighted by Crippen LogP contribution is -2.25. The average molecular weight is 406 g/mol. The van der Waals surface area contributed by atoms with Crippen LogP contribution in [-0.4, -0.2) is 27.6 Å². The van der Waals surface area contributed by atoms with Gasteiger partial charge in [0.1, 0.15) is 5.82 Å². The van der Waals surface area contributed by atoms with Crippen molar-refractivity contribution in [3.8, 4) is 22.5 Å². The molecule has 0 saturated carbocycles. The van der Waals surface area contributed by atoms with Gasteiger partial charge in [0.05, 0.1) is 28.2 Å². The largest absolute Gasteiger partial charge is 0.352 e. The van der Waals surface area contributed by atoms with Gasteiger partial charge in [-0.2, -0.15) is 5.10 Å². The number of aromatic amines is 1. The number of hydrogen-bond donors (Lipinski definition) is 2. The van der Waals surface area contributed by atoms with E-state index >= 15 is 0 Å². The van der Waals surface area contributed by atoms with Crippen LogP contribution < -0.4 is 5.32 Å². The van der Waals surface area contributed by atoms with Crippen LogP contribution in [0, 0.1) is 12.7 Å². The van der Waals surface area contributed by atoms with E-state index < -0.39 is 0 Å². The number of halogens is 1. The van der Waals surface area contributed by atoms with Crippen LogP contribution in [-0.2, 0) is 6.42 Å². The van der Waals surface area contributed by atoms with Crippen LogP contribution in [0.3, 0.4) is 0 Å². The number of benzene rings is 2. The highest BCUT2D eigenvalue weighted by Gasteiger charge is 2.15. The van der Waals surface area contributed by atoms with Crippen LogP contribution in [0.4, 0.5) is 4.39 Å². The lowest BCUT2D eigenvalue weighted by atomic mass is 10.1. The van der Waals surface area contributed by atoms with Gasteiger partial charge in [0.15, 0.2) is 0 Å². The van der Waals surface area contributed by atoms with Crippen molar-refractivity contribution < 1.29 is 9.18 Å². The Morgan fingerprint density at radius 3 is 2.52 bits per heavy atom. The molecule has 0 saturated heterocycles. The lowest BCUT2D eigenvalue weighted by Gasteiger charge is -2.07. The van der Waals surface area contributed by atoms with Crippen molar-refractivity contribution in [3.05, 3.63) is 82.1 Å². The fourth-order valence-electron chi connectivity index (χ4n) is 3.05. The molecule has 1 amide bonds. The van der Waals surface area contributed by atoms with E-state index in [0.29, 0.717) is 29.8 Å². The van der Waals surface area contributed by atoms with E-state index in [-0.39, 0.29) is 11.7 Å². The zero-order valence-electron chi connectivity index (χ0n) is 15.8. The maximum Gasteiger partial charge on any atom is 0.255 e. The Labute approximate surface area is 171 Å². The van der Waals surface area contributed by atoms with E-state index in [1.165, 1.54) is 18.3 Å². The highest BCUT2D eigenvalue weighted by molar-refractivity contribution is 7.09. The van der Waals surface area contributed by atoms with Gasteiger partial charge in [0.25, 0.3) is 5.91 Å². The second-order valence-corrected chi connectivity index (χ2v) is 7.68. The van der Waals surface area contributed by atoms with Crippen molar-refractivity contribution in [2.45, 2.75) is 13.3 Å². The van der Waals surface area contributed by atoms with Gasteiger partial charge in [0, 0.05) is 23.1 Å². The first kappa shape index (κ1) is 19.0. The first-order valence-corrected chi connectivity index (χ1v) is 10.1. The molecule has 0 atom stereocenters. The highest BCUT2D eigenvalue weighted by Crippen LogP contribution is 2.23. The highest BCUT2D eigenvalue weighted by atomic mass is 32.1. The fraction of sp³-hybridized carbons (Fsp3) is 0.136. The van der Waals surface area contributed by atoms with Gasteiger partial charge in [0.2, 0.25) is 0 Å². The number of rotatable bonds is 6. The summed E-state index contributed by atoms with van der Waals surface area (Å²) in [4.78, 5) is 17.0. The summed E-state index contributed by atoms with van der Waals surface area (Å²) in [5.41, 5.74) is 4.93. The smallest absolute Gasteiger partial charge is 0.255 e. The van der Waals surface area contributed by atoms with Crippen LogP contribution in [0.2, 0.25) is 0 Å². The Kier molecular flexibility index (Phi) is 5.48. The molecule has 2 aromatic carbocycles. The Hall–Kier alpha value is -3.32. The fourth-order valence-corrected chi connectivity index (χ4v) is 3.67. The Morgan fingerprint density at radius 2 is 1.83 bits per heavy atom. The molecule has 0 fully saturated rings. The third-order valence-electron chi connectivity index (χ3n) is 4.58. The van der Waals surface area contributed by atoms with Crippen LogP contribution in [0.15, 0.2) is 60.1 Å². The molecule has 0 aliphatic carbocycles. The minimum Gasteiger partial charge on any atom is -0.352 e. The number of nitrogens with one attached hydrogen (secondary N) is 2. The van der Waals surface area contributed by atoms with Crippen molar-refractivity contribution in [3.63, 3.8) is 0 Å². The summed E-state index contributed by atoms with van der Waals surface area (Å²) in [7, 11) is 0. The molecule has 4 rings (SSSR count). The number of carbonyl (C=O) groups is 1. The quantitative estimate of drug-likeness (QED) is 0.491. The van der Waals surface area contributed by atoms with Crippen molar-refractivity contribution >= 4 is 17.2 Å². The molecule has 0 bridgehead atoms. The molecule has 146 valence electrons. The maximum absolute atomic E-state index is 13.1. The summed E-state index contributed by atoms with van der Waals surface area (Å²) in [6.07, 6.45) is 2.20. The van der Waals surface area contributed by atoms with Crippen LogP contribution in [0.5, 0.6) is 0 Å². The zero-order valence-corrected chi connectivity index (χ0v) is 16.6. The van der Waals surface area contributed by atoms with E-state index in [2.05, 4.69) is 32.6 Å². The monoisotopic (exact) mass is 406 g/mol. The molecule has 0 spiro atoms. The molecule has 0 aliphatic rings. The predicted octanol–water partition coefficient (Wildman–Crippen LogP) is 4.62. The number of nitrogens with zero attached hydrogens (tertiary/aromatic N) is 2. The number of amides is 1. The van der Waals surface area contributed by atoms with Crippen molar-refractivity contribution in [1.29, 1.82) is 0 Å². The lowest BCUT2D eigenvalue weighted by molar-refractivity contribution is 0.0955. The standard InChI is InChI=1S/C22H19FN4OS/c1-14-26-20(13-29-14)16-4-2-15(3-5-16)10-11-24-22(28)19-12-25-27-21(19)17-6-8-18(23)9-7-17/h2-9,12-13H,10-11H2,1H3,(H,24,28)(H,25,27). The Balaban J connectivity index is 1.36. The third-order valence-corrected chi connectivity index (χ3v) is 5.36.